The maximum Gasteiger partial charge on any atom is 0.255 e. The number of hydrogen-bond donors (Lipinski definition) is 1. The van der Waals surface area contributed by atoms with Crippen molar-refractivity contribution in [3.63, 3.8) is 0 Å². The number of rotatable bonds is 6. The van der Waals surface area contributed by atoms with Gasteiger partial charge >= 0.3 is 0 Å². The Hall–Kier alpha value is -2.02. The van der Waals surface area contributed by atoms with Crippen molar-refractivity contribution in [1.29, 1.82) is 0 Å². The molecule has 0 aliphatic carbocycles. The summed E-state index contributed by atoms with van der Waals surface area (Å²) >= 11 is 1.56. The SMILES string of the molecule is CCN(CC(=O)NC(C)C)C(=O)[C@@H]1CSCN1C(=O)c1ccccc1. The maximum atomic E-state index is 12.9. The number of thioether (sulfide) groups is 1. The van der Waals surface area contributed by atoms with E-state index in [4.69, 9.17) is 0 Å². The summed E-state index contributed by atoms with van der Waals surface area (Å²) in [5.41, 5.74) is 0.573. The van der Waals surface area contributed by atoms with Gasteiger partial charge in [0, 0.05) is 23.9 Å². The van der Waals surface area contributed by atoms with Crippen LogP contribution in [0.1, 0.15) is 31.1 Å². The molecule has 0 saturated carbocycles. The summed E-state index contributed by atoms with van der Waals surface area (Å²) < 4.78 is 0. The van der Waals surface area contributed by atoms with Gasteiger partial charge in [0.2, 0.25) is 11.8 Å². The number of amides is 3. The van der Waals surface area contributed by atoms with E-state index in [9.17, 15) is 14.4 Å². The molecule has 0 spiro atoms. The van der Waals surface area contributed by atoms with Gasteiger partial charge in [-0.1, -0.05) is 18.2 Å². The lowest BCUT2D eigenvalue weighted by atomic mass is 10.1. The Morgan fingerprint density at radius 2 is 1.96 bits per heavy atom. The maximum absolute atomic E-state index is 12.9. The number of carbonyl (C=O) groups is 3. The minimum atomic E-state index is -0.524. The van der Waals surface area contributed by atoms with E-state index in [1.807, 2.05) is 39.0 Å². The summed E-state index contributed by atoms with van der Waals surface area (Å²) in [6, 6.07) is 8.47. The van der Waals surface area contributed by atoms with Gasteiger partial charge in [0.15, 0.2) is 0 Å². The topological polar surface area (TPSA) is 69.7 Å². The number of hydrogen-bond acceptors (Lipinski definition) is 4. The first-order valence-electron chi connectivity index (χ1n) is 8.46. The molecule has 1 heterocycles. The third-order valence-electron chi connectivity index (χ3n) is 3.93. The Morgan fingerprint density at radius 1 is 1.28 bits per heavy atom. The van der Waals surface area contributed by atoms with Crippen LogP contribution in [0.2, 0.25) is 0 Å². The van der Waals surface area contributed by atoms with Gasteiger partial charge in [-0.3, -0.25) is 14.4 Å². The average Bonchev–Trinajstić information content (AvgIpc) is 3.08. The highest BCUT2D eigenvalue weighted by Crippen LogP contribution is 2.24. The van der Waals surface area contributed by atoms with Crippen molar-refractivity contribution in [3.8, 4) is 0 Å². The number of likely N-dealkylation sites (N-methyl/N-ethyl adjacent to an activating group) is 1. The van der Waals surface area contributed by atoms with Crippen LogP contribution in [0.3, 0.4) is 0 Å². The van der Waals surface area contributed by atoms with Crippen molar-refractivity contribution in [2.75, 3.05) is 24.7 Å². The number of nitrogens with zero attached hydrogens (tertiary/aromatic N) is 2. The van der Waals surface area contributed by atoms with E-state index in [0.717, 1.165) is 0 Å². The molecule has 25 heavy (non-hydrogen) atoms. The monoisotopic (exact) mass is 363 g/mol. The van der Waals surface area contributed by atoms with Gasteiger partial charge < -0.3 is 15.1 Å². The van der Waals surface area contributed by atoms with Gasteiger partial charge in [-0.05, 0) is 32.9 Å². The van der Waals surface area contributed by atoms with Gasteiger partial charge in [0.1, 0.15) is 6.04 Å². The lowest BCUT2D eigenvalue weighted by Gasteiger charge is -2.29. The first-order valence-corrected chi connectivity index (χ1v) is 9.61. The Kier molecular flexibility index (Phi) is 6.87. The molecule has 6 nitrogen and oxygen atoms in total. The third-order valence-corrected chi connectivity index (χ3v) is 4.94. The van der Waals surface area contributed by atoms with Crippen LogP contribution in [0.4, 0.5) is 0 Å². The molecule has 2 rings (SSSR count). The predicted octanol–water partition coefficient (Wildman–Crippen LogP) is 1.57. The van der Waals surface area contributed by atoms with Crippen molar-refractivity contribution in [3.05, 3.63) is 35.9 Å². The molecule has 0 unspecified atom stereocenters. The Morgan fingerprint density at radius 3 is 2.56 bits per heavy atom. The first kappa shape index (κ1) is 19.3. The lowest BCUT2D eigenvalue weighted by molar-refractivity contribution is -0.138. The minimum absolute atomic E-state index is 0.0159. The summed E-state index contributed by atoms with van der Waals surface area (Å²) in [5.74, 6) is 0.540. The summed E-state index contributed by atoms with van der Waals surface area (Å²) in [6.45, 7) is 6.04. The molecule has 1 aromatic carbocycles. The zero-order valence-electron chi connectivity index (χ0n) is 14.9. The largest absolute Gasteiger partial charge is 0.352 e. The smallest absolute Gasteiger partial charge is 0.255 e. The Labute approximate surface area is 152 Å². The van der Waals surface area contributed by atoms with E-state index in [1.54, 1.807) is 28.8 Å². The minimum Gasteiger partial charge on any atom is -0.352 e. The Bertz CT molecular complexity index is 621. The molecule has 1 fully saturated rings. The molecule has 1 N–H and O–H groups in total. The van der Waals surface area contributed by atoms with Gasteiger partial charge in [-0.25, -0.2) is 0 Å². The summed E-state index contributed by atoms with van der Waals surface area (Å²) in [6.07, 6.45) is 0. The zero-order valence-corrected chi connectivity index (χ0v) is 15.7. The van der Waals surface area contributed by atoms with Crippen molar-refractivity contribution in [2.45, 2.75) is 32.9 Å². The van der Waals surface area contributed by atoms with Crippen LogP contribution in [0.5, 0.6) is 0 Å². The van der Waals surface area contributed by atoms with Crippen LogP contribution in [0, 0.1) is 0 Å². The fraction of sp³-hybridized carbons (Fsp3) is 0.500. The van der Waals surface area contributed by atoms with Crippen molar-refractivity contribution in [1.82, 2.24) is 15.1 Å². The Balaban J connectivity index is 2.08. The predicted molar refractivity (Wildman–Crippen MR) is 99.3 cm³/mol. The number of carbonyl (C=O) groups excluding carboxylic acids is 3. The highest BCUT2D eigenvalue weighted by atomic mass is 32.2. The average molecular weight is 363 g/mol. The van der Waals surface area contributed by atoms with Gasteiger partial charge in [-0.2, -0.15) is 0 Å². The molecule has 1 aromatic rings. The van der Waals surface area contributed by atoms with E-state index >= 15 is 0 Å². The summed E-state index contributed by atoms with van der Waals surface area (Å²) in [7, 11) is 0. The van der Waals surface area contributed by atoms with Crippen LogP contribution >= 0.6 is 11.8 Å². The highest BCUT2D eigenvalue weighted by molar-refractivity contribution is 7.99. The quantitative estimate of drug-likeness (QED) is 0.833. The summed E-state index contributed by atoms with van der Waals surface area (Å²) in [4.78, 5) is 40.7. The molecule has 1 atom stereocenters. The van der Waals surface area contributed by atoms with Crippen LogP contribution < -0.4 is 5.32 Å². The van der Waals surface area contributed by atoms with E-state index < -0.39 is 6.04 Å². The molecular formula is C18H25N3O3S. The van der Waals surface area contributed by atoms with Crippen LogP contribution in [0.15, 0.2) is 30.3 Å². The van der Waals surface area contributed by atoms with Crippen LogP contribution in [0.25, 0.3) is 0 Å². The van der Waals surface area contributed by atoms with E-state index in [0.29, 0.717) is 23.7 Å². The molecule has 136 valence electrons. The van der Waals surface area contributed by atoms with Crippen LogP contribution in [-0.4, -0.2) is 64.3 Å². The fourth-order valence-corrected chi connectivity index (χ4v) is 3.84. The number of nitrogens with one attached hydrogen (secondary N) is 1. The molecular weight excluding hydrogens is 338 g/mol. The van der Waals surface area contributed by atoms with Crippen molar-refractivity contribution < 1.29 is 14.4 Å². The highest BCUT2D eigenvalue weighted by Gasteiger charge is 2.37. The fourth-order valence-electron chi connectivity index (χ4n) is 2.69. The second-order valence-electron chi connectivity index (χ2n) is 6.23. The zero-order chi connectivity index (χ0) is 18.4. The standard InChI is InChI=1S/C18H25N3O3S/c1-4-20(10-16(22)19-13(2)3)18(24)15-11-25-12-21(15)17(23)14-8-6-5-7-9-14/h5-9,13,15H,4,10-12H2,1-3H3,(H,19,22)/t15-/m0/s1. The second-order valence-corrected chi connectivity index (χ2v) is 7.23. The first-order chi connectivity index (χ1) is 11.9. The molecule has 0 radical (unpaired) electrons. The molecule has 7 heteroatoms. The molecule has 0 aromatic heterocycles. The second kappa shape index (κ2) is 8.89. The molecule has 1 aliphatic rings. The van der Waals surface area contributed by atoms with E-state index in [1.165, 1.54) is 4.90 Å². The van der Waals surface area contributed by atoms with Crippen LogP contribution in [-0.2, 0) is 9.59 Å². The number of benzene rings is 1. The van der Waals surface area contributed by atoms with E-state index in [-0.39, 0.29) is 30.3 Å². The van der Waals surface area contributed by atoms with Crippen molar-refractivity contribution in [2.24, 2.45) is 0 Å². The van der Waals surface area contributed by atoms with Gasteiger partial charge in [0.25, 0.3) is 5.91 Å². The lowest BCUT2D eigenvalue weighted by Crippen LogP contribution is -2.51. The summed E-state index contributed by atoms with van der Waals surface area (Å²) in [5, 5.41) is 2.79. The molecule has 1 aliphatic heterocycles. The van der Waals surface area contributed by atoms with Gasteiger partial charge in [0.05, 0.1) is 12.4 Å². The molecule has 0 bridgehead atoms. The van der Waals surface area contributed by atoms with E-state index in [2.05, 4.69) is 5.32 Å². The van der Waals surface area contributed by atoms with Crippen molar-refractivity contribution >= 4 is 29.5 Å². The van der Waals surface area contributed by atoms with Gasteiger partial charge in [-0.15, -0.1) is 11.8 Å². The normalized spacial score (nSPS) is 16.8. The molecule has 3 amide bonds. The molecule has 1 saturated heterocycles. The third kappa shape index (κ3) is 4.98.